The van der Waals surface area contributed by atoms with Crippen molar-refractivity contribution < 1.29 is 27.9 Å². The zero-order valence-electron chi connectivity index (χ0n) is 13.9. The molecule has 0 radical (unpaired) electrons. The Morgan fingerprint density at radius 2 is 2.16 bits per heavy atom. The van der Waals surface area contributed by atoms with Crippen molar-refractivity contribution >= 4 is 22.0 Å². The molecule has 0 aromatic heterocycles. The van der Waals surface area contributed by atoms with Crippen molar-refractivity contribution in [3.8, 4) is 0 Å². The predicted molar refractivity (Wildman–Crippen MR) is 89.4 cm³/mol. The van der Waals surface area contributed by atoms with Crippen molar-refractivity contribution in [2.75, 3.05) is 6.54 Å². The maximum absolute atomic E-state index is 12.9. The molecule has 25 heavy (non-hydrogen) atoms. The third-order valence-electron chi connectivity index (χ3n) is 4.81. The van der Waals surface area contributed by atoms with Crippen LogP contribution in [0.3, 0.4) is 0 Å². The number of carbonyl (C=O) groups is 2. The summed E-state index contributed by atoms with van der Waals surface area (Å²) in [5.74, 6) is -2.12. The van der Waals surface area contributed by atoms with Crippen molar-refractivity contribution in [2.24, 2.45) is 5.92 Å². The molecule has 0 amide bonds. The number of carboxylic acids is 1. The van der Waals surface area contributed by atoms with Gasteiger partial charge >= 0.3 is 11.9 Å². The zero-order chi connectivity index (χ0) is 18.2. The van der Waals surface area contributed by atoms with Crippen molar-refractivity contribution in [3.05, 3.63) is 35.4 Å². The molecule has 3 atom stereocenters. The van der Waals surface area contributed by atoms with Crippen LogP contribution in [0, 0.1) is 5.92 Å². The number of fused-ring (bicyclic) bond motifs is 1. The lowest BCUT2D eigenvalue weighted by Crippen LogP contribution is -2.42. The number of hydrogen-bond acceptors (Lipinski definition) is 5. The summed E-state index contributed by atoms with van der Waals surface area (Å²) in [5.41, 5.74) is 0.468. The molecule has 8 heteroatoms. The molecule has 2 aliphatic rings. The van der Waals surface area contributed by atoms with Crippen LogP contribution in [0.2, 0.25) is 0 Å². The summed E-state index contributed by atoms with van der Waals surface area (Å²) in [7, 11) is -3.68. The van der Waals surface area contributed by atoms with Gasteiger partial charge in [-0.05, 0) is 30.5 Å². The summed E-state index contributed by atoms with van der Waals surface area (Å²) in [6, 6.07) is 5.47. The van der Waals surface area contributed by atoms with Crippen molar-refractivity contribution in [1.82, 2.24) is 4.31 Å². The maximum Gasteiger partial charge on any atom is 0.335 e. The Bertz CT molecular complexity index is 790. The van der Waals surface area contributed by atoms with Gasteiger partial charge in [-0.25, -0.2) is 13.2 Å². The molecule has 0 aliphatic carbocycles. The van der Waals surface area contributed by atoms with Crippen LogP contribution >= 0.6 is 0 Å². The fourth-order valence-electron chi connectivity index (χ4n) is 3.74. The van der Waals surface area contributed by atoms with Crippen LogP contribution in [0.1, 0.15) is 42.1 Å². The number of nitrogens with zero attached hydrogens (tertiary/aromatic N) is 1. The number of rotatable bonds is 6. The van der Waals surface area contributed by atoms with Crippen molar-refractivity contribution in [1.29, 1.82) is 0 Å². The van der Waals surface area contributed by atoms with E-state index in [1.165, 1.54) is 22.5 Å². The fourth-order valence-corrected chi connectivity index (χ4v) is 5.54. The zero-order valence-corrected chi connectivity index (χ0v) is 14.7. The first kappa shape index (κ1) is 17.9. The third kappa shape index (κ3) is 3.41. The number of hydrogen-bond donors (Lipinski definition) is 1. The number of ether oxygens (including phenoxy) is 1. The molecule has 1 N–H and O–H groups in total. The Hall–Kier alpha value is -1.93. The predicted octanol–water partition coefficient (Wildman–Crippen LogP) is 1.63. The molecule has 0 saturated carbocycles. The van der Waals surface area contributed by atoms with E-state index < -0.39 is 28.0 Å². The summed E-state index contributed by atoms with van der Waals surface area (Å²) < 4.78 is 32.5. The van der Waals surface area contributed by atoms with Gasteiger partial charge in [0.05, 0.1) is 23.3 Å². The topological polar surface area (TPSA) is 101 Å². The molecule has 1 aromatic rings. The Balaban J connectivity index is 1.83. The molecule has 136 valence electrons. The lowest BCUT2D eigenvalue weighted by atomic mass is 9.95. The second-order valence-corrected chi connectivity index (χ2v) is 8.44. The van der Waals surface area contributed by atoms with E-state index in [0.29, 0.717) is 24.9 Å². The Morgan fingerprint density at radius 3 is 2.84 bits per heavy atom. The first-order chi connectivity index (χ1) is 11.8. The first-order valence-corrected chi connectivity index (χ1v) is 9.96. The van der Waals surface area contributed by atoms with E-state index in [-0.39, 0.29) is 23.4 Å². The van der Waals surface area contributed by atoms with Crippen LogP contribution < -0.4 is 0 Å². The van der Waals surface area contributed by atoms with Gasteiger partial charge in [0.2, 0.25) is 10.0 Å². The van der Waals surface area contributed by atoms with Gasteiger partial charge in [-0.15, -0.1) is 0 Å². The SMILES string of the molecule is CCCC1C(=O)OC2CCN(S(=O)(=O)Cc3cccc(C(=O)O)c3)C21. The van der Waals surface area contributed by atoms with E-state index in [4.69, 9.17) is 9.84 Å². The Labute approximate surface area is 146 Å². The first-order valence-electron chi connectivity index (χ1n) is 8.35. The van der Waals surface area contributed by atoms with Crippen LogP contribution in [0.25, 0.3) is 0 Å². The van der Waals surface area contributed by atoms with E-state index in [2.05, 4.69) is 0 Å². The van der Waals surface area contributed by atoms with Crippen LogP contribution in [-0.4, -0.2) is 48.5 Å². The standard InChI is InChI=1S/C17H21NO6S/c1-2-4-13-15-14(24-17(13)21)7-8-18(15)25(22,23)10-11-5-3-6-12(9-11)16(19)20/h3,5-6,9,13-15H,2,4,7-8,10H2,1H3,(H,19,20). The third-order valence-corrected chi connectivity index (χ3v) is 6.65. The maximum atomic E-state index is 12.9. The molecule has 3 rings (SSSR count). The molecule has 2 saturated heterocycles. The summed E-state index contributed by atoms with van der Waals surface area (Å²) in [5, 5.41) is 9.05. The molecule has 3 unspecified atom stereocenters. The van der Waals surface area contributed by atoms with Gasteiger partial charge in [0.1, 0.15) is 6.10 Å². The highest BCUT2D eigenvalue weighted by Crippen LogP contribution is 2.38. The minimum atomic E-state index is -3.68. The molecule has 1 aromatic carbocycles. The molecular weight excluding hydrogens is 346 g/mol. The molecular formula is C17H21NO6S. The largest absolute Gasteiger partial charge is 0.478 e. The minimum Gasteiger partial charge on any atom is -0.478 e. The number of sulfonamides is 1. The lowest BCUT2D eigenvalue weighted by Gasteiger charge is -2.25. The van der Waals surface area contributed by atoms with E-state index in [9.17, 15) is 18.0 Å². The molecule has 0 spiro atoms. The van der Waals surface area contributed by atoms with E-state index in [0.717, 1.165) is 6.42 Å². The van der Waals surface area contributed by atoms with E-state index >= 15 is 0 Å². The summed E-state index contributed by atoms with van der Waals surface area (Å²) in [6.45, 7) is 2.27. The number of carbonyl (C=O) groups excluding carboxylic acids is 1. The molecule has 2 heterocycles. The minimum absolute atomic E-state index is 0.0511. The van der Waals surface area contributed by atoms with Gasteiger partial charge in [0.15, 0.2) is 0 Å². The number of aromatic carboxylic acids is 1. The molecule has 7 nitrogen and oxygen atoms in total. The highest BCUT2D eigenvalue weighted by Gasteiger charge is 2.53. The van der Waals surface area contributed by atoms with Gasteiger partial charge in [-0.2, -0.15) is 4.31 Å². The molecule has 2 fully saturated rings. The van der Waals surface area contributed by atoms with E-state index in [1.54, 1.807) is 6.07 Å². The van der Waals surface area contributed by atoms with Gasteiger partial charge < -0.3 is 9.84 Å². The van der Waals surface area contributed by atoms with Crippen LogP contribution in [0.5, 0.6) is 0 Å². The Kier molecular flexibility index (Phi) is 4.83. The monoisotopic (exact) mass is 367 g/mol. The highest BCUT2D eigenvalue weighted by molar-refractivity contribution is 7.88. The summed E-state index contributed by atoms with van der Waals surface area (Å²) >= 11 is 0. The number of benzene rings is 1. The molecule has 0 bridgehead atoms. The highest BCUT2D eigenvalue weighted by atomic mass is 32.2. The fraction of sp³-hybridized carbons (Fsp3) is 0.529. The van der Waals surface area contributed by atoms with Gasteiger partial charge in [-0.1, -0.05) is 25.5 Å². The summed E-state index contributed by atoms with van der Waals surface area (Å²) in [4.78, 5) is 23.1. The number of carboxylic acid groups (broad SMARTS) is 1. The lowest BCUT2D eigenvalue weighted by molar-refractivity contribution is -0.144. The normalized spacial score (nSPS) is 26.4. The molecule has 2 aliphatic heterocycles. The second kappa shape index (κ2) is 6.76. The van der Waals surface area contributed by atoms with Gasteiger partial charge in [0, 0.05) is 6.54 Å². The second-order valence-electron chi connectivity index (χ2n) is 6.52. The average molecular weight is 367 g/mol. The van der Waals surface area contributed by atoms with Gasteiger partial charge in [0.25, 0.3) is 0 Å². The smallest absolute Gasteiger partial charge is 0.335 e. The van der Waals surface area contributed by atoms with Crippen molar-refractivity contribution in [2.45, 2.75) is 44.1 Å². The van der Waals surface area contributed by atoms with Crippen LogP contribution in [-0.2, 0) is 25.3 Å². The quantitative estimate of drug-likeness (QED) is 0.767. The Morgan fingerprint density at radius 1 is 1.40 bits per heavy atom. The summed E-state index contributed by atoms with van der Waals surface area (Å²) in [6.07, 6.45) is 1.51. The van der Waals surface area contributed by atoms with E-state index in [1.807, 2.05) is 6.92 Å². The van der Waals surface area contributed by atoms with Crippen LogP contribution in [0.4, 0.5) is 0 Å². The van der Waals surface area contributed by atoms with Crippen molar-refractivity contribution in [3.63, 3.8) is 0 Å². The van der Waals surface area contributed by atoms with Gasteiger partial charge in [-0.3, -0.25) is 4.79 Å². The number of esters is 1. The van der Waals surface area contributed by atoms with Crippen LogP contribution in [0.15, 0.2) is 24.3 Å². The average Bonchev–Trinajstić information content (AvgIpc) is 3.08.